The summed E-state index contributed by atoms with van der Waals surface area (Å²) in [5.74, 6) is 0. The van der Waals surface area contributed by atoms with Gasteiger partial charge in [0.05, 0.1) is 21.4 Å². The molecule has 4 aromatic rings. The van der Waals surface area contributed by atoms with Crippen molar-refractivity contribution in [1.29, 1.82) is 0 Å². The highest BCUT2D eigenvalue weighted by Crippen LogP contribution is 2.40. The average Bonchev–Trinajstić information content (AvgIpc) is 3.05. The van der Waals surface area contributed by atoms with E-state index in [-0.39, 0.29) is 5.54 Å². The molecule has 0 unspecified atom stereocenters. The summed E-state index contributed by atoms with van der Waals surface area (Å²) < 4.78 is 2.00. The molecule has 0 saturated heterocycles. The smallest absolute Gasteiger partial charge is 0.139 e. The molecule has 28 heavy (non-hydrogen) atoms. The number of aromatic nitrogens is 2. The number of hydrogen-bond donors (Lipinski definition) is 1. The molecule has 2 N–H and O–H groups in total. The van der Waals surface area contributed by atoms with E-state index in [0.717, 1.165) is 41.0 Å². The van der Waals surface area contributed by atoms with Gasteiger partial charge in [-0.3, -0.25) is 4.40 Å². The first-order valence-electron chi connectivity index (χ1n) is 9.37. The van der Waals surface area contributed by atoms with Crippen LogP contribution in [0.2, 0.25) is 10.0 Å². The van der Waals surface area contributed by atoms with Gasteiger partial charge < -0.3 is 5.73 Å². The summed E-state index contributed by atoms with van der Waals surface area (Å²) in [4.78, 5) is 4.88. The van der Waals surface area contributed by atoms with Gasteiger partial charge in [-0.05, 0) is 24.8 Å². The molecule has 0 amide bonds. The molecule has 5 heteroatoms. The maximum absolute atomic E-state index is 6.48. The van der Waals surface area contributed by atoms with Gasteiger partial charge in [-0.2, -0.15) is 0 Å². The van der Waals surface area contributed by atoms with Crippen molar-refractivity contribution in [3.05, 3.63) is 82.5 Å². The van der Waals surface area contributed by atoms with Gasteiger partial charge in [0.25, 0.3) is 0 Å². The molecule has 1 fully saturated rings. The molecule has 1 aliphatic carbocycles. The lowest BCUT2D eigenvalue weighted by atomic mass is 9.72. The first-order chi connectivity index (χ1) is 13.5. The van der Waals surface area contributed by atoms with E-state index in [1.807, 2.05) is 28.8 Å². The highest BCUT2D eigenvalue weighted by atomic mass is 35.5. The van der Waals surface area contributed by atoms with Gasteiger partial charge in [-0.1, -0.05) is 77.8 Å². The number of benzene rings is 2. The summed E-state index contributed by atoms with van der Waals surface area (Å²) in [7, 11) is 0. The second-order valence-electron chi connectivity index (χ2n) is 7.46. The third kappa shape index (κ3) is 2.82. The molecule has 1 aliphatic rings. The van der Waals surface area contributed by atoms with Crippen LogP contribution in [0.3, 0.4) is 0 Å². The van der Waals surface area contributed by atoms with Crippen LogP contribution in [0.1, 0.15) is 24.8 Å². The molecule has 0 radical (unpaired) electrons. The highest BCUT2D eigenvalue weighted by Gasteiger charge is 2.34. The predicted octanol–water partition coefficient (Wildman–Crippen LogP) is 6.31. The second-order valence-corrected chi connectivity index (χ2v) is 8.27. The van der Waals surface area contributed by atoms with Crippen molar-refractivity contribution in [1.82, 2.24) is 9.38 Å². The second kappa shape index (κ2) is 6.63. The average molecular weight is 408 g/mol. The van der Waals surface area contributed by atoms with Gasteiger partial charge in [-0.15, -0.1) is 0 Å². The number of fused-ring (bicyclic) bond motifs is 1. The molecule has 2 aromatic carbocycles. The van der Waals surface area contributed by atoms with E-state index in [1.54, 1.807) is 6.07 Å². The number of imidazole rings is 1. The Morgan fingerprint density at radius 2 is 1.61 bits per heavy atom. The van der Waals surface area contributed by atoms with Crippen LogP contribution in [0, 0.1) is 0 Å². The Morgan fingerprint density at radius 3 is 2.25 bits per heavy atom. The fraction of sp³-hybridized carbons (Fsp3) is 0.174. The van der Waals surface area contributed by atoms with Crippen LogP contribution in [0.25, 0.3) is 28.2 Å². The third-order valence-electron chi connectivity index (χ3n) is 5.69. The number of halogens is 2. The Kier molecular flexibility index (Phi) is 4.20. The Morgan fingerprint density at radius 1 is 0.893 bits per heavy atom. The standard InChI is InChI=1S/C23H19Cl2N3/c24-18-13-20-27-21(15-7-9-17(10-8-15)23(26)11-4-12-23)22(28(20)14-19(18)25)16-5-2-1-3-6-16/h1-3,5-10,13-14H,4,11-12,26H2. The quantitative estimate of drug-likeness (QED) is 0.432. The molecule has 2 aromatic heterocycles. The molecule has 5 rings (SSSR count). The monoisotopic (exact) mass is 407 g/mol. The lowest BCUT2D eigenvalue weighted by Gasteiger charge is -2.38. The number of rotatable bonds is 3. The van der Waals surface area contributed by atoms with Crippen molar-refractivity contribution in [2.24, 2.45) is 5.73 Å². The van der Waals surface area contributed by atoms with E-state index in [0.29, 0.717) is 10.0 Å². The summed E-state index contributed by atoms with van der Waals surface area (Å²) in [5, 5.41) is 0.997. The van der Waals surface area contributed by atoms with E-state index in [1.165, 1.54) is 12.0 Å². The van der Waals surface area contributed by atoms with E-state index in [4.69, 9.17) is 33.9 Å². The van der Waals surface area contributed by atoms with E-state index in [9.17, 15) is 0 Å². The minimum Gasteiger partial charge on any atom is -0.321 e. The lowest BCUT2D eigenvalue weighted by Crippen LogP contribution is -2.43. The first kappa shape index (κ1) is 17.7. The SMILES string of the molecule is NC1(c2ccc(-c3nc4cc(Cl)c(Cl)cn4c3-c3ccccc3)cc2)CCC1. The van der Waals surface area contributed by atoms with Gasteiger partial charge in [0.15, 0.2) is 0 Å². The molecule has 0 bridgehead atoms. The van der Waals surface area contributed by atoms with Crippen molar-refractivity contribution < 1.29 is 0 Å². The third-order valence-corrected chi connectivity index (χ3v) is 6.40. The van der Waals surface area contributed by atoms with Gasteiger partial charge in [0.2, 0.25) is 0 Å². The number of pyridine rings is 1. The van der Waals surface area contributed by atoms with Crippen molar-refractivity contribution in [3.63, 3.8) is 0 Å². The zero-order valence-electron chi connectivity index (χ0n) is 15.2. The zero-order valence-corrected chi connectivity index (χ0v) is 16.7. The van der Waals surface area contributed by atoms with Crippen LogP contribution in [0.4, 0.5) is 0 Å². The largest absolute Gasteiger partial charge is 0.321 e. The summed E-state index contributed by atoms with van der Waals surface area (Å²) in [6.07, 6.45) is 5.12. The minimum atomic E-state index is -0.166. The highest BCUT2D eigenvalue weighted by molar-refractivity contribution is 6.42. The van der Waals surface area contributed by atoms with Crippen LogP contribution in [-0.2, 0) is 5.54 Å². The first-order valence-corrected chi connectivity index (χ1v) is 10.1. The van der Waals surface area contributed by atoms with Crippen LogP contribution < -0.4 is 5.73 Å². The van der Waals surface area contributed by atoms with Gasteiger partial charge in [-0.25, -0.2) is 4.98 Å². The fourth-order valence-electron chi connectivity index (χ4n) is 3.92. The number of hydrogen-bond acceptors (Lipinski definition) is 2. The van der Waals surface area contributed by atoms with Gasteiger partial charge in [0, 0.05) is 28.9 Å². The van der Waals surface area contributed by atoms with E-state index < -0.39 is 0 Å². The molecular weight excluding hydrogens is 389 g/mol. The molecule has 0 spiro atoms. The molecule has 3 nitrogen and oxygen atoms in total. The summed E-state index contributed by atoms with van der Waals surface area (Å²) >= 11 is 12.5. The van der Waals surface area contributed by atoms with Crippen LogP contribution in [0.15, 0.2) is 66.9 Å². The van der Waals surface area contributed by atoms with E-state index >= 15 is 0 Å². The molecule has 0 atom stereocenters. The number of nitrogens with two attached hydrogens (primary N) is 1. The predicted molar refractivity (Wildman–Crippen MR) is 116 cm³/mol. The molecule has 2 heterocycles. The Balaban J connectivity index is 1.70. The molecule has 140 valence electrons. The zero-order chi connectivity index (χ0) is 19.3. The van der Waals surface area contributed by atoms with E-state index in [2.05, 4.69) is 36.4 Å². The maximum atomic E-state index is 6.48. The van der Waals surface area contributed by atoms with Crippen LogP contribution in [-0.4, -0.2) is 9.38 Å². The van der Waals surface area contributed by atoms with Crippen LogP contribution >= 0.6 is 23.2 Å². The maximum Gasteiger partial charge on any atom is 0.139 e. The van der Waals surface area contributed by atoms with Gasteiger partial charge >= 0.3 is 0 Å². The fourth-order valence-corrected chi connectivity index (χ4v) is 4.22. The van der Waals surface area contributed by atoms with Crippen molar-refractivity contribution >= 4 is 28.8 Å². The normalized spacial score (nSPS) is 15.5. The molecule has 1 saturated carbocycles. The van der Waals surface area contributed by atoms with Crippen molar-refractivity contribution in [2.45, 2.75) is 24.8 Å². The van der Waals surface area contributed by atoms with Gasteiger partial charge in [0.1, 0.15) is 5.65 Å². The Labute approximate surface area is 173 Å². The molecule has 0 aliphatic heterocycles. The van der Waals surface area contributed by atoms with Crippen molar-refractivity contribution in [2.75, 3.05) is 0 Å². The number of nitrogens with zero attached hydrogens (tertiary/aromatic N) is 2. The molecular formula is C23H19Cl2N3. The Hall–Kier alpha value is -2.33. The summed E-state index contributed by atoms with van der Waals surface area (Å²) in [5.41, 5.74) is 12.3. The lowest BCUT2D eigenvalue weighted by molar-refractivity contribution is 0.253. The van der Waals surface area contributed by atoms with Crippen molar-refractivity contribution in [3.8, 4) is 22.5 Å². The summed E-state index contributed by atoms with van der Waals surface area (Å²) in [6.45, 7) is 0. The topological polar surface area (TPSA) is 43.3 Å². The summed E-state index contributed by atoms with van der Waals surface area (Å²) in [6, 6.07) is 20.5. The minimum absolute atomic E-state index is 0.166. The van der Waals surface area contributed by atoms with Crippen LogP contribution in [0.5, 0.6) is 0 Å². The Bertz CT molecular complexity index is 1160.